The summed E-state index contributed by atoms with van der Waals surface area (Å²) in [5.41, 5.74) is 2.30. The molecule has 0 spiro atoms. The van der Waals surface area contributed by atoms with E-state index in [2.05, 4.69) is 15.3 Å². The number of nitrogens with one attached hydrogen (secondary N) is 1. The Hall–Kier alpha value is -3.00. The van der Waals surface area contributed by atoms with Crippen LogP contribution >= 0.6 is 11.3 Å². The second-order valence-corrected chi connectivity index (χ2v) is 8.56. The van der Waals surface area contributed by atoms with E-state index < -0.39 is 0 Å². The first-order valence-electron chi connectivity index (χ1n) is 10.6. The minimum atomic E-state index is -0.360. The lowest BCUT2D eigenvalue weighted by Gasteiger charge is -2.12. The topological polar surface area (TPSA) is 90.4 Å². The van der Waals surface area contributed by atoms with Crippen molar-refractivity contribution < 1.29 is 19.1 Å². The van der Waals surface area contributed by atoms with Crippen molar-refractivity contribution >= 4 is 39.1 Å². The van der Waals surface area contributed by atoms with Crippen molar-refractivity contribution in [2.24, 2.45) is 0 Å². The van der Waals surface area contributed by atoms with Crippen LogP contribution < -0.4 is 10.1 Å². The monoisotopic (exact) mass is 439 g/mol. The number of nitrogens with zero attached hydrogens (tertiary/aromatic N) is 2. The van der Waals surface area contributed by atoms with Crippen molar-refractivity contribution in [3.63, 3.8) is 0 Å². The summed E-state index contributed by atoms with van der Waals surface area (Å²) in [5.74, 6) is -0.194. The van der Waals surface area contributed by atoms with Crippen LogP contribution in [0.25, 0.3) is 10.2 Å². The zero-order valence-electron chi connectivity index (χ0n) is 17.5. The summed E-state index contributed by atoms with van der Waals surface area (Å²) in [4.78, 5) is 35.2. The number of hydrogen-bond acceptors (Lipinski definition) is 7. The molecule has 1 aromatic carbocycles. The highest BCUT2D eigenvalue weighted by Gasteiger charge is 2.21. The van der Waals surface area contributed by atoms with E-state index in [4.69, 9.17) is 9.47 Å². The highest BCUT2D eigenvalue weighted by Crippen LogP contribution is 2.38. The molecule has 1 N–H and O–H groups in total. The zero-order chi connectivity index (χ0) is 21.6. The first-order chi connectivity index (χ1) is 15.2. The van der Waals surface area contributed by atoms with E-state index >= 15 is 0 Å². The van der Waals surface area contributed by atoms with Crippen LogP contribution in [0.1, 0.15) is 53.4 Å². The van der Waals surface area contributed by atoms with Gasteiger partial charge in [0.2, 0.25) is 5.88 Å². The maximum Gasteiger partial charge on any atom is 0.338 e. The summed E-state index contributed by atoms with van der Waals surface area (Å²) >= 11 is 1.69. The van der Waals surface area contributed by atoms with Gasteiger partial charge in [0.25, 0.3) is 5.91 Å². The van der Waals surface area contributed by atoms with Crippen molar-refractivity contribution in [3.8, 4) is 5.88 Å². The quantitative estimate of drug-likeness (QED) is 0.409. The van der Waals surface area contributed by atoms with Crippen LogP contribution in [0.3, 0.4) is 0 Å². The molecule has 0 aliphatic heterocycles. The zero-order valence-corrected chi connectivity index (χ0v) is 18.3. The average Bonchev–Trinajstić information content (AvgIpc) is 3.17. The number of aromatic nitrogens is 2. The van der Waals surface area contributed by atoms with Gasteiger partial charge in [0.1, 0.15) is 11.2 Å². The number of amides is 1. The summed E-state index contributed by atoms with van der Waals surface area (Å²) in [7, 11) is 0. The fourth-order valence-corrected chi connectivity index (χ4v) is 4.80. The van der Waals surface area contributed by atoms with Gasteiger partial charge in [-0.3, -0.25) is 4.79 Å². The predicted molar refractivity (Wildman–Crippen MR) is 120 cm³/mol. The van der Waals surface area contributed by atoms with E-state index in [1.165, 1.54) is 23.2 Å². The van der Waals surface area contributed by atoms with E-state index in [9.17, 15) is 9.59 Å². The van der Waals surface area contributed by atoms with Gasteiger partial charge in [0.15, 0.2) is 6.61 Å². The molecule has 0 radical (unpaired) electrons. The Morgan fingerprint density at radius 3 is 2.74 bits per heavy atom. The number of rotatable bonds is 8. The Balaban J connectivity index is 1.36. The molecule has 1 aliphatic rings. The molecule has 0 fully saturated rings. The molecule has 0 atom stereocenters. The van der Waals surface area contributed by atoms with Gasteiger partial charge in [-0.05, 0) is 61.9 Å². The molecule has 8 heteroatoms. The normalized spacial score (nSPS) is 12.9. The maximum atomic E-state index is 12.4. The summed E-state index contributed by atoms with van der Waals surface area (Å²) < 4.78 is 11.0. The third kappa shape index (κ3) is 5.02. The lowest BCUT2D eigenvalue weighted by atomic mass is 9.97. The number of ether oxygens (including phenoxy) is 2. The van der Waals surface area contributed by atoms with Crippen molar-refractivity contribution in [3.05, 3.63) is 46.6 Å². The van der Waals surface area contributed by atoms with Crippen LogP contribution in [0.2, 0.25) is 0 Å². The van der Waals surface area contributed by atoms with Gasteiger partial charge in [0.05, 0.1) is 17.6 Å². The molecule has 162 valence electrons. The number of aryl methyl sites for hydroxylation is 2. The Morgan fingerprint density at radius 1 is 1.13 bits per heavy atom. The van der Waals surface area contributed by atoms with Crippen molar-refractivity contribution in [1.29, 1.82) is 0 Å². The summed E-state index contributed by atoms with van der Waals surface area (Å²) in [6.45, 7) is 2.29. The highest BCUT2D eigenvalue weighted by atomic mass is 32.1. The van der Waals surface area contributed by atoms with Gasteiger partial charge in [-0.15, -0.1) is 11.3 Å². The Kier molecular flexibility index (Phi) is 6.76. The van der Waals surface area contributed by atoms with Crippen molar-refractivity contribution in [1.82, 2.24) is 9.97 Å². The number of esters is 1. The first kappa shape index (κ1) is 21.2. The lowest BCUT2D eigenvalue weighted by molar-refractivity contribution is -0.118. The lowest BCUT2D eigenvalue weighted by Crippen LogP contribution is -2.20. The number of carbonyl (C=O) groups excluding carboxylic acids is 2. The molecule has 0 saturated heterocycles. The number of unbranched alkanes of at least 4 members (excludes halogenated alkanes) is 1. The predicted octanol–water partition coefficient (Wildman–Crippen LogP) is 4.54. The molecular formula is C23H25N3O4S. The maximum absolute atomic E-state index is 12.4. The third-order valence-electron chi connectivity index (χ3n) is 5.19. The number of thiophene rings is 1. The number of fused-ring (bicyclic) bond motifs is 3. The number of carbonyl (C=O) groups is 2. The second-order valence-electron chi connectivity index (χ2n) is 7.47. The molecule has 2 heterocycles. The SMILES string of the molecule is CCCCOC(=O)c1ccc(NC(=O)COc2ncnc3sc4c(c23)CCCC4)cc1. The standard InChI is InChI=1S/C23H25N3O4S/c1-2-3-12-29-23(28)15-8-10-16(11-9-15)26-19(27)13-30-21-20-17-6-4-5-7-18(17)31-22(20)25-14-24-21/h8-11,14H,2-7,12-13H2,1H3,(H,26,27). The fourth-order valence-electron chi connectivity index (χ4n) is 3.58. The molecule has 2 aromatic heterocycles. The summed E-state index contributed by atoms with van der Waals surface area (Å²) in [6.07, 6.45) is 7.70. The van der Waals surface area contributed by atoms with Crippen LogP contribution in [-0.2, 0) is 22.4 Å². The number of benzene rings is 1. The molecule has 0 unspecified atom stereocenters. The summed E-state index contributed by atoms with van der Waals surface area (Å²) in [6, 6.07) is 6.62. The average molecular weight is 440 g/mol. The first-order valence-corrected chi connectivity index (χ1v) is 11.4. The van der Waals surface area contributed by atoms with Gasteiger partial charge in [-0.1, -0.05) is 13.3 Å². The smallest absolute Gasteiger partial charge is 0.338 e. The molecule has 1 aliphatic carbocycles. The molecule has 4 rings (SSSR count). The highest BCUT2D eigenvalue weighted by molar-refractivity contribution is 7.18. The van der Waals surface area contributed by atoms with E-state index in [1.807, 2.05) is 6.92 Å². The van der Waals surface area contributed by atoms with Crippen molar-refractivity contribution in [2.75, 3.05) is 18.5 Å². The molecule has 1 amide bonds. The van der Waals surface area contributed by atoms with Crippen molar-refractivity contribution in [2.45, 2.75) is 45.4 Å². The van der Waals surface area contributed by atoms with Crippen LogP contribution in [0.4, 0.5) is 5.69 Å². The second kappa shape index (κ2) is 9.87. The van der Waals surface area contributed by atoms with Gasteiger partial charge in [-0.25, -0.2) is 14.8 Å². The van der Waals surface area contributed by atoms with Crippen LogP contribution in [-0.4, -0.2) is 35.1 Å². The molecule has 7 nitrogen and oxygen atoms in total. The Labute approximate surface area is 184 Å². The minimum absolute atomic E-state index is 0.155. The van der Waals surface area contributed by atoms with Crippen LogP contribution in [0.15, 0.2) is 30.6 Å². The molecular weight excluding hydrogens is 414 g/mol. The van der Waals surface area contributed by atoms with E-state index in [-0.39, 0.29) is 18.5 Å². The number of anilines is 1. The van der Waals surface area contributed by atoms with Crippen LogP contribution in [0.5, 0.6) is 5.88 Å². The van der Waals surface area contributed by atoms with E-state index in [1.54, 1.807) is 35.6 Å². The fraction of sp³-hybridized carbons (Fsp3) is 0.391. The van der Waals surface area contributed by atoms with Gasteiger partial charge >= 0.3 is 5.97 Å². The van der Waals surface area contributed by atoms with Gasteiger partial charge < -0.3 is 14.8 Å². The molecule has 31 heavy (non-hydrogen) atoms. The number of hydrogen-bond donors (Lipinski definition) is 1. The largest absolute Gasteiger partial charge is 0.467 e. The molecule has 0 bridgehead atoms. The van der Waals surface area contributed by atoms with E-state index in [0.29, 0.717) is 23.7 Å². The van der Waals surface area contributed by atoms with Crippen LogP contribution in [0, 0.1) is 0 Å². The van der Waals surface area contributed by atoms with Gasteiger partial charge in [0, 0.05) is 10.6 Å². The third-order valence-corrected chi connectivity index (χ3v) is 6.39. The Bertz CT molecular complexity index is 1080. The minimum Gasteiger partial charge on any atom is -0.467 e. The van der Waals surface area contributed by atoms with E-state index in [0.717, 1.165) is 42.3 Å². The Morgan fingerprint density at radius 2 is 1.94 bits per heavy atom. The molecule has 0 saturated carbocycles. The summed E-state index contributed by atoms with van der Waals surface area (Å²) in [5, 5.41) is 3.72. The van der Waals surface area contributed by atoms with Gasteiger partial charge in [-0.2, -0.15) is 0 Å². The molecule has 3 aromatic rings.